The molecule has 0 radical (unpaired) electrons. The summed E-state index contributed by atoms with van der Waals surface area (Å²) in [6, 6.07) is 0.823. The van der Waals surface area contributed by atoms with Crippen molar-refractivity contribution in [2.24, 2.45) is 0 Å². The maximum absolute atomic E-state index is 15.1. The van der Waals surface area contributed by atoms with Crippen LogP contribution in [0.5, 0.6) is 0 Å². The average molecular weight is 520 g/mol. The highest BCUT2D eigenvalue weighted by atomic mass is 127. The Hall–Kier alpha value is -0.980. The van der Waals surface area contributed by atoms with Gasteiger partial charge in [-0.1, -0.05) is 0 Å². The van der Waals surface area contributed by atoms with Crippen molar-refractivity contribution in [3.05, 3.63) is 33.1 Å². The van der Waals surface area contributed by atoms with Gasteiger partial charge in [-0.2, -0.15) is 0 Å². The summed E-state index contributed by atoms with van der Waals surface area (Å²) in [6.07, 6.45) is -8.64. The van der Waals surface area contributed by atoms with Crippen molar-refractivity contribution in [2.45, 2.75) is 45.7 Å². The van der Waals surface area contributed by atoms with Crippen molar-refractivity contribution < 1.29 is 44.5 Å². The molecule has 12 nitrogen and oxygen atoms in total. The second-order valence-corrected chi connectivity index (χ2v) is 8.12. The molecule has 7 N–H and O–H groups in total. The van der Waals surface area contributed by atoms with Crippen LogP contribution in [0.15, 0.2) is 21.9 Å². The van der Waals surface area contributed by atoms with Crippen LogP contribution in [0.25, 0.3) is 0 Å². The smallest absolute Gasteiger partial charge is 0.330 e. The van der Waals surface area contributed by atoms with Crippen LogP contribution in [0.3, 0.4) is 0 Å². The molecule has 0 saturated carbocycles. The monoisotopic (exact) mass is 520 g/mol. The third-order valence-electron chi connectivity index (χ3n) is 4.92. The molecule has 158 valence electrons. The Morgan fingerprint density at radius 3 is 2.46 bits per heavy atom. The van der Waals surface area contributed by atoms with Crippen molar-refractivity contribution in [2.75, 3.05) is 13.2 Å². The van der Waals surface area contributed by atoms with E-state index < -0.39 is 70.2 Å². The Kier molecular flexibility index (Phi) is 5.48. The number of aromatic nitrogens is 2. The SMILES string of the molecule is O=c1ccn([C@]2(C3OC[C@@H](O)[C@@H](O)[C@@H]3O)O[C@H](CO)[C@](O)(F)[C@]2(O)I)c(=O)[nH]1. The lowest BCUT2D eigenvalue weighted by atomic mass is 9.87. The molecule has 3 heterocycles. The molecule has 0 aliphatic carbocycles. The van der Waals surface area contributed by atoms with Gasteiger partial charge in [0.15, 0.2) is 0 Å². The van der Waals surface area contributed by atoms with Gasteiger partial charge in [-0.15, -0.1) is 0 Å². The first kappa shape index (κ1) is 21.7. The fraction of sp³-hybridized carbons (Fsp3) is 0.714. The first-order valence-corrected chi connectivity index (χ1v) is 9.09. The summed E-state index contributed by atoms with van der Waals surface area (Å²) < 4.78 is 23.1. The van der Waals surface area contributed by atoms with Gasteiger partial charge >= 0.3 is 5.69 Å². The number of hydrogen-bond acceptors (Lipinski definition) is 10. The zero-order chi connectivity index (χ0) is 21.1. The first-order valence-electron chi connectivity index (χ1n) is 8.01. The van der Waals surface area contributed by atoms with Gasteiger partial charge in [-0.25, -0.2) is 9.18 Å². The van der Waals surface area contributed by atoms with E-state index in [9.17, 15) is 40.2 Å². The molecule has 1 aromatic rings. The summed E-state index contributed by atoms with van der Waals surface area (Å²) in [7, 11) is 0. The molecular weight excluding hydrogens is 502 g/mol. The number of nitrogens with zero attached hydrogens (tertiary/aromatic N) is 1. The minimum absolute atomic E-state index is 0.472. The highest BCUT2D eigenvalue weighted by Crippen LogP contribution is 2.57. The van der Waals surface area contributed by atoms with Gasteiger partial charge in [0.2, 0.25) is 9.33 Å². The molecular formula is C14H18FIN2O10. The van der Waals surface area contributed by atoms with Gasteiger partial charge in [0, 0.05) is 12.3 Å². The summed E-state index contributed by atoms with van der Waals surface area (Å²) in [5.41, 5.74) is -4.85. The number of ether oxygens (including phenoxy) is 2. The van der Waals surface area contributed by atoms with Gasteiger partial charge in [0.25, 0.3) is 11.4 Å². The van der Waals surface area contributed by atoms with Gasteiger partial charge in [0.1, 0.15) is 30.5 Å². The number of nitrogens with one attached hydrogen (secondary N) is 1. The van der Waals surface area contributed by atoms with Crippen molar-refractivity contribution in [3.8, 4) is 0 Å². The number of aliphatic hydroxyl groups is 6. The molecule has 2 aliphatic heterocycles. The topological polar surface area (TPSA) is 195 Å². The number of aliphatic hydroxyl groups excluding tert-OH is 4. The van der Waals surface area contributed by atoms with E-state index in [1.165, 1.54) is 0 Å². The van der Waals surface area contributed by atoms with E-state index in [1.54, 1.807) is 0 Å². The Morgan fingerprint density at radius 2 is 1.93 bits per heavy atom. The van der Waals surface area contributed by atoms with Gasteiger partial charge in [-0.3, -0.25) is 14.3 Å². The maximum atomic E-state index is 15.1. The highest BCUT2D eigenvalue weighted by Gasteiger charge is 2.79. The predicted molar refractivity (Wildman–Crippen MR) is 94.0 cm³/mol. The van der Waals surface area contributed by atoms with Crippen LogP contribution in [-0.2, 0) is 15.2 Å². The molecule has 0 aromatic carbocycles. The highest BCUT2D eigenvalue weighted by molar-refractivity contribution is 14.1. The fourth-order valence-corrected chi connectivity index (χ4v) is 4.48. The minimum Gasteiger partial charge on any atom is -0.393 e. The standard InChI is InChI=1S/C14H18FIN2O10/c15-12(25)6(3-19)28-13(14(12,16)26,18-2-1-7(21)17-11(18)24)10-9(23)8(22)5(20)4-27-10/h1-2,5-6,8-10,19-20,22-23,25-26H,3-4H2,(H,17,21,24)/t5-,6-,8-,9+,10?,12-,13-,14-/m1/s1. The van der Waals surface area contributed by atoms with Crippen molar-refractivity contribution in [1.29, 1.82) is 0 Å². The second kappa shape index (κ2) is 7.06. The number of alkyl halides is 2. The van der Waals surface area contributed by atoms with E-state index in [1.807, 2.05) is 4.98 Å². The third kappa shape index (κ3) is 2.78. The Bertz CT molecular complexity index is 859. The first-order chi connectivity index (χ1) is 12.9. The third-order valence-corrected chi connectivity index (χ3v) is 6.45. The van der Waals surface area contributed by atoms with Crippen LogP contribution in [0.1, 0.15) is 0 Å². The molecule has 2 aliphatic rings. The van der Waals surface area contributed by atoms with E-state index in [2.05, 4.69) is 0 Å². The molecule has 1 unspecified atom stereocenters. The molecule has 2 fully saturated rings. The number of aromatic amines is 1. The van der Waals surface area contributed by atoms with Crippen LogP contribution in [0.4, 0.5) is 4.39 Å². The quantitative estimate of drug-likeness (QED) is 0.152. The number of H-pyrrole nitrogens is 1. The van der Waals surface area contributed by atoms with E-state index >= 15 is 4.39 Å². The largest absolute Gasteiger partial charge is 0.393 e. The lowest BCUT2D eigenvalue weighted by Gasteiger charge is -2.48. The normalized spacial score (nSPS) is 46.6. The predicted octanol–water partition coefficient (Wildman–Crippen LogP) is -4.16. The second-order valence-electron chi connectivity index (χ2n) is 6.56. The van der Waals surface area contributed by atoms with Crippen LogP contribution in [0, 0.1) is 0 Å². The Morgan fingerprint density at radius 1 is 1.29 bits per heavy atom. The zero-order valence-corrected chi connectivity index (χ0v) is 16.1. The summed E-state index contributed by atoms with van der Waals surface area (Å²) in [6.45, 7) is -1.75. The van der Waals surface area contributed by atoms with Gasteiger partial charge in [0.05, 0.1) is 13.2 Å². The van der Waals surface area contributed by atoms with Crippen LogP contribution >= 0.6 is 22.6 Å². The summed E-state index contributed by atoms with van der Waals surface area (Å²) in [4.78, 5) is 25.7. The van der Waals surface area contributed by atoms with Crippen LogP contribution in [-0.4, -0.2) is 93.4 Å². The number of rotatable bonds is 3. The van der Waals surface area contributed by atoms with Gasteiger partial charge < -0.3 is 40.1 Å². The lowest BCUT2D eigenvalue weighted by molar-refractivity contribution is -0.293. The van der Waals surface area contributed by atoms with Crippen molar-refractivity contribution >= 4 is 22.6 Å². The van der Waals surface area contributed by atoms with Crippen molar-refractivity contribution in [1.82, 2.24) is 9.55 Å². The number of halogens is 2. The molecule has 28 heavy (non-hydrogen) atoms. The summed E-state index contributed by atoms with van der Waals surface area (Å²) >= 11 is 1.02. The molecule has 3 rings (SSSR count). The van der Waals surface area contributed by atoms with E-state index in [0.29, 0.717) is 4.57 Å². The summed E-state index contributed by atoms with van der Waals surface area (Å²) in [5, 5.41) is 60.7. The molecule has 8 atom stereocenters. The van der Waals surface area contributed by atoms with E-state index in [-0.39, 0.29) is 0 Å². The molecule has 0 amide bonds. The summed E-state index contributed by atoms with van der Waals surface area (Å²) in [5.74, 6) is -3.66. The minimum atomic E-state index is -3.66. The van der Waals surface area contributed by atoms with E-state index in [4.69, 9.17) is 9.47 Å². The Balaban J connectivity index is 2.30. The van der Waals surface area contributed by atoms with Crippen LogP contribution < -0.4 is 11.2 Å². The molecule has 0 spiro atoms. The van der Waals surface area contributed by atoms with Crippen LogP contribution in [0.2, 0.25) is 0 Å². The molecule has 0 bridgehead atoms. The zero-order valence-electron chi connectivity index (χ0n) is 14.0. The molecule has 2 saturated heterocycles. The van der Waals surface area contributed by atoms with Gasteiger partial charge in [-0.05, 0) is 22.6 Å². The average Bonchev–Trinajstić information content (AvgIpc) is 2.77. The molecule has 1 aromatic heterocycles. The molecule has 14 heteroatoms. The van der Waals surface area contributed by atoms with Crippen molar-refractivity contribution in [3.63, 3.8) is 0 Å². The fourth-order valence-electron chi connectivity index (χ4n) is 3.43. The number of hydrogen-bond donors (Lipinski definition) is 7. The maximum Gasteiger partial charge on any atom is 0.330 e. The lowest BCUT2D eigenvalue weighted by Crippen LogP contribution is -2.71. The van der Waals surface area contributed by atoms with E-state index in [0.717, 1.165) is 34.9 Å². The Labute approximate surface area is 168 Å².